The van der Waals surface area contributed by atoms with E-state index < -0.39 is 39.9 Å². The standard InChI is InChI=1S/C50H61F2NO8S/c1-8-44-30(4)29(3)33(7)50(59-44)60-48-32(6)31(5)46(58-45(48)9-2)28-62(56,57)61-41-24-16-35(17-25-41)34-10-12-37(13-11-34)47-42(26-27-43(54)36-14-18-38(51)19-15-36)49(55)53(47)40-22-20-39(52)21-23-40/h10-25,29-33,42-48,50,54H,8-9,26-28H2,1-7H3/t29-,30+,31?,32+,33?,42+,43-,44?,45?,46-,47+,48+,50-/m0/s1. The molecule has 0 bridgehead atoms. The first kappa shape index (κ1) is 45.8. The second kappa shape index (κ2) is 19.3. The number of rotatable bonds is 15. The van der Waals surface area contributed by atoms with Gasteiger partial charge in [-0.25, -0.2) is 8.78 Å². The molecule has 0 radical (unpaired) electrons. The summed E-state index contributed by atoms with van der Waals surface area (Å²) in [6, 6.07) is 25.7. The van der Waals surface area contributed by atoms with Crippen molar-refractivity contribution in [1.82, 2.24) is 0 Å². The number of aliphatic hydroxyl groups excluding tert-OH is 1. The Morgan fingerprint density at radius 1 is 0.694 bits per heavy atom. The summed E-state index contributed by atoms with van der Waals surface area (Å²) in [5, 5.41) is 10.8. The number of carbonyl (C=O) groups is 1. The van der Waals surface area contributed by atoms with Crippen LogP contribution in [0.4, 0.5) is 14.5 Å². The van der Waals surface area contributed by atoms with Gasteiger partial charge in [0, 0.05) is 11.6 Å². The monoisotopic (exact) mass is 873 g/mol. The first-order valence-corrected chi connectivity index (χ1v) is 23.8. The van der Waals surface area contributed by atoms with E-state index in [9.17, 15) is 27.1 Å². The van der Waals surface area contributed by atoms with Gasteiger partial charge >= 0.3 is 10.1 Å². The minimum atomic E-state index is -4.03. The molecule has 4 unspecified atom stereocenters. The van der Waals surface area contributed by atoms with E-state index in [0.717, 1.165) is 23.1 Å². The maximum atomic E-state index is 13.8. The highest BCUT2D eigenvalue weighted by Gasteiger charge is 2.49. The minimum Gasteiger partial charge on any atom is -0.388 e. The van der Waals surface area contributed by atoms with Crippen molar-refractivity contribution in [2.24, 2.45) is 35.5 Å². The molecular weight excluding hydrogens is 813 g/mol. The number of amides is 1. The van der Waals surface area contributed by atoms with Gasteiger partial charge in [-0.15, -0.1) is 0 Å². The van der Waals surface area contributed by atoms with Crippen LogP contribution in [0.15, 0.2) is 97.1 Å². The average molecular weight is 874 g/mol. The van der Waals surface area contributed by atoms with Gasteiger partial charge in [-0.1, -0.05) is 97.0 Å². The smallest absolute Gasteiger partial charge is 0.311 e. The molecule has 4 aromatic carbocycles. The third-order valence-electron chi connectivity index (χ3n) is 14.1. The summed E-state index contributed by atoms with van der Waals surface area (Å²) in [5.74, 6) is -0.465. The van der Waals surface area contributed by atoms with E-state index in [0.29, 0.717) is 42.3 Å². The van der Waals surface area contributed by atoms with Crippen LogP contribution in [0.25, 0.3) is 11.1 Å². The van der Waals surface area contributed by atoms with E-state index in [-0.39, 0.29) is 65.8 Å². The van der Waals surface area contributed by atoms with Crippen molar-refractivity contribution in [3.63, 3.8) is 0 Å². The minimum absolute atomic E-state index is 0.0208. The lowest BCUT2D eigenvalue weighted by Crippen LogP contribution is -2.55. The van der Waals surface area contributed by atoms with Gasteiger partial charge in [0.2, 0.25) is 5.91 Å². The quantitative estimate of drug-likeness (QED) is 0.0929. The lowest BCUT2D eigenvalue weighted by Gasteiger charge is -2.49. The van der Waals surface area contributed by atoms with E-state index in [4.69, 9.17) is 18.4 Å². The highest BCUT2D eigenvalue weighted by atomic mass is 32.2. The van der Waals surface area contributed by atoms with E-state index >= 15 is 0 Å². The van der Waals surface area contributed by atoms with Crippen LogP contribution in [0.5, 0.6) is 5.75 Å². The number of hydrogen-bond acceptors (Lipinski definition) is 8. The molecule has 4 aromatic rings. The summed E-state index contributed by atoms with van der Waals surface area (Å²) < 4.78 is 79.7. The Kier molecular flexibility index (Phi) is 14.2. The van der Waals surface area contributed by atoms with Crippen LogP contribution < -0.4 is 9.08 Å². The van der Waals surface area contributed by atoms with Crippen LogP contribution in [0.2, 0.25) is 0 Å². The predicted molar refractivity (Wildman–Crippen MR) is 236 cm³/mol. The van der Waals surface area contributed by atoms with Crippen molar-refractivity contribution in [2.45, 2.75) is 117 Å². The maximum absolute atomic E-state index is 13.8. The van der Waals surface area contributed by atoms with Crippen LogP contribution in [0.1, 0.15) is 97.4 Å². The molecule has 1 N–H and O–H groups in total. The van der Waals surface area contributed by atoms with Crippen molar-refractivity contribution in [3.05, 3.63) is 120 Å². The summed E-state index contributed by atoms with van der Waals surface area (Å²) in [7, 11) is -4.03. The van der Waals surface area contributed by atoms with Gasteiger partial charge in [0.15, 0.2) is 6.29 Å². The van der Waals surface area contributed by atoms with Crippen molar-refractivity contribution in [1.29, 1.82) is 0 Å². The average Bonchev–Trinajstić information content (AvgIpc) is 3.26. The third kappa shape index (κ3) is 9.79. The number of β-lactam (4-membered cyclic amide) rings is 1. The normalized spacial score (nSPS) is 30.7. The first-order valence-electron chi connectivity index (χ1n) is 22.2. The number of nitrogens with zero attached hydrogens (tertiary/aromatic N) is 1. The lowest BCUT2D eigenvalue weighted by molar-refractivity contribution is -0.299. The fourth-order valence-electron chi connectivity index (χ4n) is 9.65. The summed E-state index contributed by atoms with van der Waals surface area (Å²) >= 11 is 0. The topological polar surface area (TPSA) is 112 Å². The molecule has 3 fully saturated rings. The number of anilines is 1. The largest absolute Gasteiger partial charge is 0.388 e. The molecule has 3 aliphatic rings. The van der Waals surface area contributed by atoms with Crippen molar-refractivity contribution < 1.29 is 45.5 Å². The number of benzene rings is 4. The third-order valence-corrected chi connectivity index (χ3v) is 15.3. The SMILES string of the molecule is CCC1O[C@@H](O[C@H]2C(CC)O[C@@H](CS(=O)(=O)Oc3ccc(-c4ccc([C@@H]5[C@@H](CC[C@H](O)c6ccc(F)cc6)C(=O)N5c5ccc(F)cc5)cc4)cc3)C(C)[C@H]2C)C(C)[C@@H](C)[C@H]1C. The Balaban J connectivity index is 0.990. The zero-order valence-electron chi connectivity index (χ0n) is 36.7. The summed E-state index contributed by atoms with van der Waals surface area (Å²) in [6.45, 7) is 15.0. The molecule has 3 saturated heterocycles. The van der Waals surface area contributed by atoms with Crippen LogP contribution in [-0.2, 0) is 29.1 Å². The summed E-state index contributed by atoms with van der Waals surface area (Å²) in [4.78, 5) is 15.2. The van der Waals surface area contributed by atoms with Crippen LogP contribution in [0.3, 0.4) is 0 Å². The molecule has 12 heteroatoms. The highest BCUT2D eigenvalue weighted by molar-refractivity contribution is 7.87. The molecule has 3 aliphatic heterocycles. The number of carbonyl (C=O) groups excluding carboxylic acids is 1. The number of ether oxygens (including phenoxy) is 3. The molecule has 334 valence electrons. The Morgan fingerprint density at radius 3 is 1.85 bits per heavy atom. The van der Waals surface area contributed by atoms with Crippen molar-refractivity contribution in [3.8, 4) is 16.9 Å². The molecular formula is C50H61F2NO8S. The zero-order chi connectivity index (χ0) is 44.5. The molecule has 7 rings (SSSR count). The Hall–Kier alpha value is -4.20. The number of hydrogen-bond donors (Lipinski definition) is 1. The molecule has 9 nitrogen and oxygen atoms in total. The van der Waals surface area contributed by atoms with Gasteiger partial charge < -0.3 is 28.4 Å². The summed E-state index contributed by atoms with van der Waals surface area (Å²) in [5.41, 5.74) is 3.72. The Bertz CT molecular complexity index is 2220. The molecule has 1 amide bonds. The van der Waals surface area contributed by atoms with E-state index in [2.05, 4.69) is 34.6 Å². The van der Waals surface area contributed by atoms with Crippen LogP contribution >= 0.6 is 0 Å². The second-order valence-electron chi connectivity index (χ2n) is 17.8. The molecule has 13 atom stereocenters. The van der Waals surface area contributed by atoms with Crippen LogP contribution in [0, 0.1) is 47.1 Å². The lowest BCUT2D eigenvalue weighted by atomic mass is 9.77. The van der Waals surface area contributed by atoms with Crippen LogP contribution in [-0.4, -0.2) is 55.9 Å². The molecule has 3 heterocycles. The molecule has 0 aromatic heterocycles. The highest BCUT2D eigenvalue weighted by Crippen LogP contribution is 2.47. The van der Waals surface area contributed by atoms with E-state index in [1.54, 1.807) is 41.3 Å². The Morgan fingerprint density at radius 2 is 1.26 bits per heavy atom. The molecule has 0 aliphatic carbocycles. The molecule has 62 heavy (non-hydrogen) atoms. The summed E-state index contributed by atoms with van der Waals surface area (Å²) in [6.07, 6.45) is 0.0820. The van der Waals surface area contributed by atoms with E-state index in [1.165, 1.54) is 36.4 Å². The van der Waals surface area contributed by atoms with Crippen molar-refractivity contribution in [2.75, 3.05) is 10.7 Å². The molecule has 0 spiro atoms. The van der Waals surface area contributed by atoms with Gasteiger partial charge in [0.25, 0.3) is 0 Å². The number of aliphatic hydroxyl groups is 1. The fourth-order valence-corrected chi connectivity index (χ4v) is 10.9. The fraction of sp³-hybridized carbons (Fsp3) is 0.500. The van der Waals surface area contributed by atoms with Gasteiger partial charge in [-0.2, -0.15) is 8.42 Å². The van der Waals surface area contributed by atoms with E-state index in [1.807, 2.05) is 38.1 Å². The van der Waals surface area contributed by atoms with Gasteiger partial charge in [-0.05, 0) is 120 Å². The molecule has 0 saturated carbocycles. The zero-order valence-corrected chi connectivity index (χ0v) is 37.5. The Labute approximate surface area is 365 Å². The first-order chi connectivity index (χ1) is 29.6. The van der Waals surface area contributed by atoms with Gasteiger partial charge in [-0.3, -0.25) is 4.79 Å². The maximum Gasteiger partial charge on any atom is 0.311 e. The van der Waals surface area contributed by atoms with Gasteiger partial charge in [0.05, 0.1) is 42.5 Å². The number of halogens is 2. The van der Waals surface area contributed by atoms with Crippen molar-refractivity contribution >= 4 is 21.7 Å². The predicted octanol–water partition coefficient (Wildman–Crippen LogP) is 10.4. The van der Waals surface area contributed by atoms with Gasteiger partial charge in [0.1, 0.15) is 23.1 Å². The second-order valence-corrected chi connectivity index (χ2v) is 19.4.